The zero-order chi connectivity index (χ0) is 12.7. The Morgan fingerprint density at radius 2 is 2.06 bits per heavy atom. The highest BCUT2D eigenvalue weighted by atomic mass is 35.5. The lowest BCUT2D eigenvalue weighted by Crippen LogP contribution is -2.28. The number of pyridine rings is 1. The third-order valence-corrected chi connectivity index (χ3v) is 3.82. The Labute approximate surface area is 110 Å². The van der Waals surface area contributed by atoms with Gasteiger partial charge in [-0.25, -0.2) is 0 Å². The van der Waals surface area contributed by atoms with Gasteiger partial charge in [0, 0.05) is 24.7 Å². The van der Waals surface area contributed by atoms with Crippen LogP contribution in [-0.2, 0) is 6.54 Å². The maximum atomic E-state index is 6.37. The second-order valence-electron chi connectivity index (χ2n) is 4.49. The topological polar surface area (TPSA) is 24.9 Å². The van der Waals surface area contributed by atoms with Crippen molar-refractivity contribution in [1.82, 2.24) is 10.3 Å². The van der Waals surface area contributed by atoms with Crippen molar-refractivity contribution >= 4 is 11.6 Å². The predicted molar refractivity (Wildman–Crippen MR) is 74.4 cm³/mol. The van der Waals surface area contributed by atoms with E-state index in [1.807, 2.05) is 12.3 Å². The van der Waals surface area contributed by atoms with E-state index in [1.54, 1.807) is 0 Å². The number of halogens is 1. The smallest absolute Gasteiger partial charge is 0.0570 e. The molecule has 1 aromatic rings. The maximum absolute atomic E-state index is 6.37. The number of nitrogens with one attached hydrogen (secondary N) is 1. The van der Waals surface area contributed by atoms with Crippen LogP contribution in [0, 0.1) is 12.8 Å². The predicted octanol–water partition coefficient (Wildman–Crippen LogP) is 3.52. The van der Waals surface area contributed by atoms with Crippen LogP contribution in [0.25, 0.3) is 0 Å². The minimum absolute atomic E-state index is 0.217. The normalized spacial score (nSPS) is 13.0. The summed E-state index contributed by atoms with van der Waals surface area (Å²) in [4.78, 5) is 4.35. The molecule has 0 spiro atoms. The molecule has 1 aromatic heterocycles. The first kappa shape index (κ1) is 14.5. The molecule has 3 heteroatoms. The van der Waals surface area contributed by atoms with Crippen LogP contribution in [0.5, 0.6) is 0 Å². The van der Waals surface area contributed by atoms with Crippen molar-refractivity contribution in [2.75, 3.05) is 6.54 Å². The first-order chi connectivity index (χ1) is 8.19. The Morgan fingerprint density at radius 3 is 2.65 bits per heavy atom. The minimum atomic E-state index is 0.217. The van der Waals surface area contributed by atoms with E-state index in [2.05, 4.69) is 37.1 Å². The molecule has 1 unspecified atom stereocenters. The average molecular weight is 255 g/mol. The fraction of sp³-hybridized carbons (Fsp3) is 0.643. The van der Waals surface area contributed by atoms with Crippen LogP contribution >= 0.6 is 11.6 Å². The molecule has 1 rings (SSSR count). The van der Waals surface area contributed by atoms with Crippen LogP contribution in [0.3, 0.4) is 0 Å². The van der Waals surface area contributed by atoms with Crippen LogP contribution in [0.4, 0.5) is 0 Å². The summed E-state index contributed by atoms with van der Waals surface area (Å²) in [6.45, 7) is 8.14. The second kappa shape index (κ2) is 7.67. The standard InChI is InChI=1S/C14H23ClN2/c1-4-12(5-2)13(15)9-16-10-14-11(3)7-6-8-17-14/h6-8,12-13,16H,4-5,9-10H2,1-3H3. The first-order valence-electron chi connectivity index (χ1n) is 6.44. The zero-order valence-corrected chi connectivity index (χ0v) is 11.8. The van der Waals surface area contributed by atoms with Crippen molar-refractivity contribution in [3.8, 4) is 0 Å². The lowest BCUT2D eigenvalue weighted by Gasteiger charge is -2.19. The van der Waals surface area contributed by atoms with Crippen LogP contribution in [0.2, 0.25) is 0 Å². The van der Waals surface area contributed by atoms with E-state index in [4.69, 9.17) is 11.6 Å². The zero-order valence-electron chi connectivity index (χ0n) is 11.0. The molecule has 17 heavy (non-hydrogen) atoms. The number of hydrogen-bond acceptors (Lipinski definition) is 2. The monoisotopic (exact) mass is 254 g/mol. The van der Waals surface area contributed by atoms with E-state index in [9.17, 15) is 0 Å². The highest BCUT2D eigenvalue weighted by Gasteiger charge is 2.14. The lowest BCUT2D eigenvalue weighted by atomic mass is 9.99. The van der Waals surface area contributed by atoms with Gasteiger partial charge < -0.3 is 5.32 Å². The summed E-state index contributed by atoms with van der Waals surface area (Å²) >= 11 is 6.37. The summed E-state index contributed by atoms with van der Waals surface area (Å²) in [6, 6.07) is 4.05. The first-order valence-corrected chi connectivity index (χ1v) is 6.87. The Balaban J connectivity index is 2.35. The number of aromatic nitrogens is 1. The van der Waals surface area contributed by atoms with Gasteiger partial charge in [0.2, 0.25) is 0 Å². The summed E-state index contributed by atoms with van der Waals surface area (Å²) in [7, 11) is 0. The summed E-state index contributed by atoms with van der Waals surface area (Å²) in [6.07, 6.45) is 4.13. The molecule has 0 bridgehead atoms. The molecule has 0 aliphatic heterocycles. The van der Waals surface area contributed by atoms with Gasteiger partial charge in [0.1, 0.15) is 0 Å². The molecule has 0 saturated heterocycles. The molecule has 96 valence electrons. The Hall–Kier alpha value is -0.600. The summed E-state index contributed by atoms with van der Waals surface area (Å²) < 4.78 is 0. The van der Waals surface area contributed by atoms with Gasteiger partial charge in [0.15, 0.2) is 0 Å². The van der Waals surface area contributed by atoms with E-state index in [0.29, 0.717) is 5.92 Å². The molecule has 1 N–H and O–H groups in total. The van der Waals surface area contributed by atoms with Crippen molar-refractivity contribution in [3.05, 3.63) is 29.6 Å². The van der Waals surface area contributed by atoms with Gasteiger partial charge in [-0.2, -0.15) is 0 Å². The number of aryl methyl sites for hydroxylation is 1. The van der Waals surface area contributed by atoms with Gasteiger partial charge in [-0.05, 0) is 24.5 Å². The van der Waals surface area contributed by atoms with Crippen LogP contribution in [0.1, 0.15) is 37.9 Å². The van der Waals surface area contributed by atoms with E-state index in [-0.39, 0.29) is 5.38 Å². The van der Waals surface area contributed by atoms with E-state index in [1.165, 1.54) is 5.56 Å². The molecule has 1 atom stereocenters. The van der Waals surface area contributed by atoms with Crippen LogP contribution in [0.15, 0.2) is 18.3 Å². The fourth-order valence-electron chi connectivity index (χ4n) is 2.00. The largest absolute Gasteiger partial charge is 0.310 e. The second-order valence-corrected chi connectivity index (χ2v) is 5.05. The number of rotatable bonds is 7. The third-order valence-electron chi connectivity index (χ3n) is 3.31. The van der Waals surface area contributed by atoms with Crippen LogP contribution < -0.4 is 5.32 Å². The summed E-state index contributed by atoms with van der Waals surface area (Å²) in [5.74, 6) is 0.606. The van der Waals surface area contributed by atoms with Crippen molar-refractivity contribution < 1.29 is 0 Å². The Morgan fingerprint density at radius 1 is 1.35 bits per heavy atom. The van der Waals surface area contributed by atoms with E-state index >= 15 is 0 Å². The molecule has 0 aliphatic rings. The molecular formula is C14H23ClN2. The number of nitrogens with zero attached hydrogens (tertiary/aromatic N) is 1. The molecule has 0 fully saturated rings. The van der Waals surface area contributed by atoms with Gasteiger partial charge >= 0.3 is 0 Å². The van der Waals surface area contributed by atoms with Crippen molar-refractivity contribution in [1.29, 1.82) is 0 Å². The van der Waals surface area contributed by atoms with Crippen molar-refractivity contribution in [2.24, 2.45) is 5.92 Å². The van der Waals surface area contributed by atoms with Crippen LogP contribution in [-0.4, -0.2) is 16.9 Å². The molecule has 0 amide bonds. The molecule has 0 saturated carbocycles. The highest BCUT2D eigenvalue weighted by molar-refractivity contribution is 6.21. The number of alkyl halides is 1. The maximum Gasteiger partial charge on any atom is 0.0570 e. The molecule has 2 nitrogen and oxygen atoms in total. The van der Waals surface area contributed by atoms with Gasteiger partial charge in [-0.1, -0.05) is 32.8 Å². The molecule has 1 heterocycles. The average Bonchev–Trinajstić information content (AvgIpc) is 2.33. The fourth-order valence-corrected chi connectivity index (χ4v) is 2.46. The molecule has 0 aliphatic carbocycles. The van der Waals surface area contributed by atoms with Crippen molar-refractivity contribution in [3.63, 3.8) is 0 Å². The van der Waals surface area contributed by atoms with E-state index < -0.39 is 0 Å². The quantitative estimate of drug-likeness (QED) is 0.753. The van der Waals surface area contributed by atoms with Crippen molar-refractivity contribution in [2.45, 2.75) is 45.5 Å². The van der Waals surface area contributed by atoms with E-state index in [0.717, 1.165) is 31.6 Å². The summed E-state index contributed by atoms with van der Waals surface area (Å²) in [5.41, 5.74) is 2.34. The molecule has 0 aromatic carbocycles. The Bertz CT molecular complexity index is 324. The van der Waals surface area contributed by atoms with Gasteiger partial charge in [-0.3, -0.25) is 4.98 Å². The van der Waals surface area contributed by atoms with Gasteiger partial charge in [0.25, 0.3) is 0 Å². The SMILES string of the molecule is CCC(CC)C(Cl)CNCc1ncccc1C. The third kappa shape index (κ3) is 4.64. The highest BCUT2D eigenvalue weighted by Crippen LogP contribution is 2.17. The summed E-state index contributed by atoms with van der Waals surface area (Å²) in [5, 5.41) is 3.61. The minimum Gasteiger partial charge on any atom is -0.310 e. The Kier molecular flexibility index (Phi) is 6.53. The van der Waals surface area contributed by atoms with Gasteiger partial charge in [0.05, 0.1) is 5.69 Å². The molecular weight excluding hydrogens is 232 g/mol. The lowest BCUT2D eigenvalue weighted by molar-refractivity contribution is 0.445. The molecule has 0 radical (unpaired) electrons. The number of hydrogen-bond donors (Lipinski definition) is 1. The van der Waals surface area contributed by atoms with Gasteiger partial charge in [-0.15, -0.1) is 11.6 Å².